The van der Waals surface area contributed by atoms with E-state index in [0.29, 0.717) is 13.1 Å². The molecule has 2 rings (SSSR count). The third kappa shape index (κ3) is 4.39. The summed E-state index contributed by atoms with van der Waals surface area (Å²) in [6.07, 6.45) is 2.89. The summed E-state index contributed by atoms with van der Waals surface area (Å²) in [7, 11) is -0.835. The fraction of sp³-hybridized carbons (Fsp3) is 0.600. The first-order valence-electron chi connectivity index (χ1n) is 7.97. The number of piperidine rings is 1. The minimum atomic E-state index is -3.63. The smallest absolute Gasteiger partial charge is 0.334 e. The molecule has 0 spiro atoms. The molecule has 140 valence electrons. The molecule has 1 unspecified atom stereocenters. The maximum Gasteiger partial charge on any atom is 0.334 e. The van der Waals surface area contributed by atoms with E-state index in [2.05, 4.69) is 5.32 Å². The van der Waals surface area contributed by atoms with Crippen molar-refractivity contribution in [1.82, 2.24) is 14.2 Å². The van der Waals surface area contributed by atoms with Gasteiger partial charge in [-0.05, 0) is 18.9 Å². The lowest BCUT2D eigenvalue weighted by molar-refractivity contribution is -0.148. The van der Waals surface area contributed by atoms with Gasteiger partial charge in [0, 0.05) is 33.4 Å². The van der Waals surface area contributed by atoms with Crippen molar-refractivity contribution in [3.05, 3.63) is 18.0 Å². The van der Waals surface area contributed by atoms with Crippen LogP contribution in [-0.4, -0.2) is 67.1 Å². The molecule has 10 heteroatoms. The van der Waals surface area contributed by atoms with Crippen molar-refractivity contribution in [3.8, 4) is 0 Å². The van der Waals surface area contributed by atoms with Crippen LogP contribution >= 0.6 is 0 Å². The number of hydrogen-bond donors (Lipinski definition) is 2. The standard InChI is InChI=1S/C15H23N3O6S/c1-17-10-11(25(22,23)18-6-4-3-5-7-18)8-12(17)14(19)16-9-13(24-2)15(20)21/h8,10,13H,3-7,9H2,1-2H3,(H,16,19)(H,20,21). The molecular formula is C15H23N3O6S. The Morgan fingerprint density at radius 1 is 1.32 bits per heavy atom. The van der Waals surface area contributed by atoms with E-state index in [4.69, 9.17) is 9.84 Å². The third-order valence-electron chi connectivity index (χ3n) is 4.17. The van der Waals surface area contributed by atoms with E-state index in [0.717, 1.165) is 19.3 Å². The lowest BCUT2D eigenvalue weighted by Gasteiger charge is -2.25. The summed E-state index contributed by atoms with van der Waals surface area (Å²) in [5.74, 6) is -1.76. The molecule has 0 radical (unpaired) electrons. The van der Waals surface area contributed by atoms with Crippen LogP contribution in [0.2, 0.25) is 0 Å². The number of ether oxygens (including phenoxy) is 1. The monoisotopic (exact) mass is 373 g/mol. The Kier molecular flexibility index (Phi) is 6.20. The lowest BCUT2D eigenvalue weighted by atomic mass is 10.2. The number of methoxy groups -OCH3 is 1. The van der Waals surface area contributed by atoms with Crippen molar-refractivity contribution in [2.45, 2.75) is 30.3 Å². The van der Waals surface area contributed by atoms with Crippen LogP contribution in [0.25, 0.3) is 0 Å². The number of carbonyl (C=O) groups is 2. The molecule has 1 atom stereocenters. The highest BCUT2D eigenvalue weighted by atomic mass is 32.2. The van der Waals surface area contributed by atoms with Gasteiger partial charge in [-0.25, -0.2) is 13.2 Å². The molecule has 1 aliphatic heterocycles. The number of carboxylic acids is 1. The van der Waals surface area contributed by atoms with E-state index in [9.17, 15) is 18.0 Å². The molecule has 1 saturated heterocycles. The maximum absolute atomic E-state index is 12.7. The number of aryl methyl sites for hydroxylation is 1. The Morgan fingerprint density at radius 3 is 2.52 bits per heavy atom. The number of carbonyl (C=O) groups excluding carboxylic acids is 1. The van der Waals surface area contributed by atoms with Crippen LogP contribution in [0.3, 0.4) is 0 Å². The summed E-state index contributed by atoms with van der Waals surface area (Å²) >= 11 is 0. The highest BCUT2D eigenvalue weighted by molar-refractivity contribution is 7.89. The third-order valence-corrected chi connectivity index (χ3v) is 6.04. The van der Waals surface area contributed by atoms with E-state index in [1.807, 2.05) is 0 Å². The molecule has 0 aromatic carbocycles. The van der Waals surface area contributed by atoms with Gasteiger partial charge in [-0.3, -0.25) is 4.79 Å². The highest BCUT2D eigenvalue weighted by Gasteiger charge is 2.28. The maximum atomic E-state index is 12.7. The Hall–Kier alpha value is -1.91. The minimum Gasteiger partial charge on any atom is -0.479 e. The van der Waals surface area contributed by atoms with Gasteiger partial charge in [0.15, 0.2) is 6.10 Å². The summed E-state index contributed by atoms with van der Waals surface area (Å²) < 4.78 is 32.9. The van der Waals surface area contributed by atoms with E-state index in [1.165, 1.54) is 28.2 Å². The SMILES string of the molecule is COC(CNC(=O)c1cc(S(=O)(=O)N2CCCCC2)cn1C)C(=O)O. The number of hydrogen-bond acceptors (Lipinski definition) is 5. The van der Waals surface area contributed by atoms with Gasteiger partial charge in [0.05, 0.1) is 6.54 Å². The summed E-state index contributed by atoms with van der Waals surface area (Å²) in [6.45, 7) is 0.740. The molecule has 2 N–H and O–H groups in total. The zero-order chi connectivity index (χ0) is 18.6. The summed E-state index contributed by atoms with van der Waals surface area (Å²) in [6, 6.07) is 1.31. The Bertz CT molecular complexity index is 736. The van der Waals surface area contributed by atoms with E-state index >= 15 is 0 Å². The zero-order valence-corrected chi connectivity index (χ0v) is 15.1. The molecule has 1 aromatic heterocycles. The van der Waals surface area contributed by atoms with Crippen molar-refractivity contribution in [2.24, 2.45) is 7.05 Å². The second kappa shape index (κ2) is 7.98. The quantitative estimate of drug-likeness (QED) is 0.696. The molecule has 25 heavy (non-hydrogen) atoms. The van der Waals surface area contributed by atoms with Gasteiger partial charge >= 0.3 is 5.97 Å². The predicted octanol–water partition coefficient (Wildman–Crippen LogP) is 0.0291. The number of rotatable bonds is 7. The van der Waals surface area contributed by atoms with Crippen molar-refractivity contribution in [1.29, 1.82) is 0 Å². The van der Waals surface area contributed by atoms with E-state index < -0.39 is 28.0 Å². The molecule has 0 bridgehead atoms. The van der Waals surface area contributed by atoms with Crippen LogP contribution in [0.1, 0.15) is 29.8 Å². The van der Waals surface area contributed by atoms with Crippen molar-refractivity contribution < 1.29 is 27.9 Å². The first-order chi connectivity index (χ1) is 11.8. The molecule has 2 heterocycles. The van der Waals surface area contributed by atoms with Crippen molar-refractivity contribution >= 4 is 21.9 Å². The number of nitrogens with one attached hydrogen (secondary N) is 1. The fourth-order valence-electron chi connectivity index (χ4n) is 2.70. The normalized spacial score (nSPS) is 17.2. The van der Waals surface area contributed by atoms with Gasteiger partial charge in [-0.15, -0.1) is 0 Å². The number of aliphatic carboxylic acids is 1. The molecule has 1 fully saturated rings. The van der Waals surface area contributed by atoms with Gasteiger partial charge < -0.3 is 19.7 Å². The van der Waals surface area contributed by atoms with Gasteiger partial charge in [-0.2, -0.15) is 4.31 Å². The lowest BCUT2D eigenvalue weighted by Crippen LogP contribution is -2.38. The summed E-state index contributed by atoms with van der Waals surface area (Å²) in [4.78, 5) is 23.2. The number of nitrogens with zero attached hydrogens (tertiary/aromatic N) is 2. The van der Waals surface area contributed by atoms with Gasteiger partial charge in [0.1, 0.15) is 10.6 Å². The molecule has 1 amide bonds. The van der Waals surface area contributed by atoms with Crippen LogP contribution in [0.5, 0.6) is 0 Å². The van der Waals surface area contributed by atoms with Crippen molar-refractivity contribution in [3.63, 3.8) is 0 Å². The first-order valence-corrected chi connectivity index (χ1v) is 9.41. The number of amides is 1. The molecule has 0 aliphatic carbocycles. The largest absolute Gasteiger partial charge is 0.479 e. The average molecular weight is 373 g/mol. The predicted molar refractivity (Wildman–Crippen MR) is 88.8 cm³/mol. The summed E-state index contributed by atoms with van der Waals surface area (Å²) in [5.41, 5.74) is 0.135. The number of aromatic nitrogens is 1. The van der Waals surface area contributed by atoms with E-state index in [-0.39, 0.29) is 17.1 Å². The highest BCUT2D eigenvalue weighted by Crippen LogP contribution is 2.22. The van der Waals surface area contributed by atoms with Crippen LogP contribution in [0, 0.1) is 0 Å². The van der Waals surface area contributed by atoms with Crippen LogP contribution < -0.4 is 5.32 Å². The van der Waals surface area contributed by atoms with Gasteiger partial charge in [0.2, 0.25) is 10.0 Å². The topological polar surface area (TPSA) is 118 Å². The molecule has 0 saturated carbocycles. The second-order valence-corrected chi connectivity index (χ2v) is 7.85. The first kappa shape index (κ1) is 19.4. The van der Waals surface area contributed by atoms with Crippen LogP contribution in [0.4, 0.5) is 0 Å². The Labute approximate surface area is 146 Å². The molecular weight excluding hydrogens is 350 g/mol. The van der Waals surface area contributed by atoms with Gasteiger partial charge in [0.25, 0.3) is 5.91 Å². The minimum absolute atomic E-state index is 0.0589. The molecule has 1 aliphatic rings. The van der Waals surface area contributed by atoms with Crippen molar-refractivity contribution in [2.75, 3.05) is 26.7 Å². The molecule has 9 nitrogen and oxygen atoms in total. The van der Waals surface area contributed by atoms with Crippen LogP contribution in [-0.2, 0) is 26.6 Å². The van der Waals surface area contributed by atoms with Crippen LogP contribution in [0.15, 0.2) is 17.2 Å². The number of sulfonamides is 1. The van der Waals surface area contributed by atoms with Gasteiger partial charge in [-0.1, -0.05) is 6.42 Å². The fourth-order valence-corrected chi connectivity index (χ4v) is 4.29. The molecule has 1 aromatic rings. The number of carboxylic acid groups (broad SMARTS) is 1. The Balaban J connectivity index is 2.13. The second-order valence-electron chi connectivity index (χ2n) is 5.91. The summed E-state index contributed by atoms with van der Waals surface area (Å²) in [5, 5.41) is 11.3. The van der Waals surface area contributed by atoms with E-state index in [1.54, 1.807) is 7.05 Å². The zero-order valence-electron chi connectivity index (χ0n) is 14.3. The Morgan fingerprint density at radius 2 is 1.96 bits per heavy atom. The average Bonchev–Trinajstić information content (AvgIpc) is 2.98.